The Kier molecular flexibility index (Phi) is 3.82. The third-order valence-electron chi connectivity index (χ3n) is 2.56. The van der Waals surface area contributed by atoms with E-state index in [4.69, 9.17) is 20.3 Å². The van der Waals surface area contributed by atoms with Crippen molar-refractivity contribution in [2.24, 2.45) is 5.14 Å². The highest BCUT2D eigenvalue weighted by atomic mass is 32.2. The van der Waals surface area contributed by atoms with Crippen molar-refractivity contribution in [1.82, 2.24) is 0 Å². The van der Waals surface area contributed by atoms with Gasteiger partial charge in [-0.25, -0.2) is 13.6 Å². The van der Waals surface area contributed by atoms with Gasteiger partial charge in [0.25, 0.3) is 0 Å². The van der Waals surface area contributed by atoms with Gasteiger partial charge in [0.2, 0.25) is 10.0 Å². The highest BCUT2D eigenvalue weighted by molar-refractivity contribution is 7.89. The van der Waals surface area contributed by atoms with Gasteiger partial charge in [0, 0.05) is 5.69 Å². The van der Waals surface area contributed by atoms with Gasteiger partial charge in [0.15, 0.2) is 0 Å². The molecule has 7 heteroatoms. The summed E-state index contributed by atoms with van der Waals surface area (Å²) in [7, 11) is -2.37. The average molecular weight is 294 g/mol. The summed E-state index contributed by atoms with van der Waals surface area (Å²) >= 11 is 0. The molecule has 0 amide bonds. The van der Waals surface area contributed by atoms with E-state index in [0.717, 1.165) is 0 Å². The molecule has 0 aliphatic rings. The lowest BCUT2D eigenvalue weighted by Gasteiger charge is -2.11. The van der Waals surface area contributed by atoms with Crippen molar-refractivity contribution in [2.75, 3.05) is 12.8 Å². The number of sulfonamides is 1. The van der Waals surface area contributed by atoms with Gasteiger partial charge in [-0.05, 0) is 42.5 Å². The summed E-state index contributed by atoms with van der Waals surface area (Å²) in [6, 6.07) is 11.0. The zero-order chi connectivity index (χ0) is 14.8. The molecule has 0 radical (unpaired) electrons. The molecule has 0 atom stereocenters. The van der Waals surface area contributed by atoms with Crippen LogP contribution in [0.25, 0.3) is 0 Å². The van der Waals surface area contributed by atoms with Gasteiger partial charge in [-0.2, -0.15) is 0 Å². The number of primary sulfonamides is 1. The van der Waals surface area contributed by atoms with Crippen LogP contribution in [0, 0.1) is 0 Å². The lowest BCUT2D eigenvalue weighted by Crippen LogP contribution is -2.13. The molecule has 0 aromatic heterocycles. The molecule has 2 rings (SSSR count). The van der Waals surface area contributed by atoms with E-state index in [0.29, 0.717) is 11.5 Å². The molecule has 0 bridgehead atoms. The summed E-state index contributed by atoms with van der Waals surface area (Å²) in [5, 5.41) is 5.14. The van der Waals surface area contributed by atoms with Crippen LogP contribution in [0.4, 0.5) is 5.69 Å². The van der Waals surface area contributed by atoms with Crippen LogP contribution < -0.4 is 20.3 Å². The number of methoxy groups -OCH3 is 1. The quantitative estimate of drug-likeness (QED) is 0.835. The maximum Gasteiger partial charge on any atom is 0.241 e. The second kappa shape index (κ2) is 5.40. The number of nitrogen functional groups attached to an aromatic ring is 1. The van der Waals surface area contributed by atoms with E-state index in [1.54, 1.807) is 31.4 Å². The predicted molar refractivity (Wildman–Crippen MR) is 75.3 cm³/mol. The number of anilines is 1. The van der Waals surface area contributed by atoms with E-state index in [-0.39, 0.29) is 16.3 Å². The molecule has 0 fully saturated rings. The van der Waals surface area contributed by atoms with Crippen molar-refractivity contribution in [3.8, 4) is 17.2 Å². The van der Waals surface area contributed by atoms with Gasteiger partial charge >= 0.3 is 0 Å². The average Bonchev–Trinajstić information content (AvgIpc) is 2.40. The molecule has 0 heterocycles. The lowest BCUT2D eigenvalue weighted by atomic mass is 10.3. The lowest BCUT2D eigenvalue weighted by molar-refractivity contribution is 0.412. The molecule has 0 spiro atoms. The Labute approximate surface area is 117 Å². The van der Waals surface area contributed by atoms with Gasteiger partial charge in [0.1, 0.15) is 22.1 Å². The van der Waals surface area contributed by atoms with E-state index in [9.17, 15) is 8.42 Å². The summed E-state index contributed by atoms with van der Waals surface area (Å²) in [6.07, 6.45) is 0. The minimum absolute atomic E-state index is 0.117. The van der Waals surface area contributed by atoms with Gasteiger partial charge in [-0.1, -0.05) is 0 Å². The van der Waals surface area contributed by atoms with Crippen LogP contribution in [-0.2, 0) is 10.0 Å². The second-order valence-corrected chi connectivity index (χ2v) is 5.56. The zero-order valence-corrected chi connectivity index (χ0v) is 11.6. The standard InChI is InChI=1S/C13H14N2O4S/c1-18-10-3-5-11(6-4-10)19-12-7-2-9(14)8-13(12)20(15,16)17/h2-8H,14H2,1H3,(H2,15,16,17). The Bertz CT molecular complexity index is 712. The first-order valence-corrected chi connectivity index (χ1v) is 7.19. The van der Waals surface area contributed by atoms with Gasteiger partial charge in [0.05, 0.1) is 7.11 Å². The van der Waals surface area contributed by atoms with Crippen molar-refractivity contribution in [1.29, 1.82) is 0 Å². The Morgan fingerprint density at radius 2 is 1.60 bits per heavy atom. The van der Waals surface area contributed by atoms with E-state index in [2.05, 4.69) is 0 Å². The van der Waals surface area contributed by atoms with Crippen LogP contribution >= 0.6 is 0 Å². The van der Waals surface area contributed by atoms with Crippen LogP contribution in [0.1, 0.15) is 0 Å². The van der Waals surface area contributed by atoms with Crippen molar-refractivity contribution < 1.29 is 17.9 Å². The van der Waals surface area contributed by atoms with Crippen LogP contribution in [0.3, 0.4) is 0 Å². The number of hydrogen-bond acceptors (Lipinski definition) is 5. The molecular formula is C13H14N2O4S. The number of benzene rings is 2. The van der Waals surface area contributed by atoms with E-state index in [1.165, 1.54) is 18.2 Å². The van der Waals surface area contributed by atoms with Crippen LogP contribution in [-0.4, -0.2) is 15.5 Å². The Balaban J connectivity index is 2.38. The molecule has 0 saturated carbocycles. The minimum atomic E-state index is -3.92. The smallest absolute Gasteiger partial charge is 0.241 e. The first-order valence-electron chi connectivity index (χ1n) is 5.64. The van der Waals surface area contributed by atoms with Gasteiger partial charge < -0.3 is 15.2 Å². The summed E-state index contributed by atoms with van der Waals surface area (Å²) < 4.78 is 33.6. The van der Waals surface area contributed by atoms with Crippen molar-refractivity contribution in [2.45, 2.75) is 4.90 Å². The Hall–Kier alpha value is -2.25. The number of rotatable bonds is 4. The van der Waals surface area contributed by atoms with Crippen LogP contribution in [0.15, 0.2) is 47.4 Å². The van der Waals surface area contributed by atoms with E-state index in [1.807, 2.05) is 0 Å². The molecule has 0 unspecified atom stereocenters. The summed E-state index contributed by atoms with van der Waals surface area (Å²) in [5.41, 5.74) is 5.85. The van der Waals surface area contributed by atoms with Crippen LogP contribution in [0.2, 0.25) is 0 Å². The fourth-order valence-electron chi connectivity index (χ4n) is 1.60. The predicted octanol–water partition coefficient (Wildman–Crippen LogP) is 1.72. The molecule has 106 valence electrons. The van der Waals surface area contributed by atoms with E-state index >= 15 is 0 Å². The maximum atomic E-state index is 11.5. The minimum Gasteiger partial charge on any atom is -0.497 e. The first kappa shape index (κ1) is 14.2. The monoisotopic (exact) mass is 294 g/mol. The van der Waals surface area contributed by atoms with E-state index < -0.39 is 10.0 Å². The number of nitrogens with two attached hydrogens (primary N) is 2. The summed E-state index contributed by atoms with van der Waals surface area (Å²) in [4.78, 5) is -0.159. The van der Waals surface area contributed by atoms with Crippen LogP contribution in [0.5, 0.6) is 17.2 Å². The third-order valence-corrected chi connectivity index (χ3v) is 3.49. The van der Waals surface area contributed by atoms with Gasteiger partial charge in [-0.15, -0.1) is 0 Å². The molecule has 0 aliphatic heterocycles. The largest absolute Gasteiger partial charge is 0.497 e. The molecule has 6 nitrogen and oxygen atoms in total. The molecule has 20 heavy (non-hydrogen) atoms. The highest BCUT2D eigenvalue weighted by Gasteiger charge is 2.16. The Morgan fingerprint density at radius 1 is 1.00 bits per heavy atom. The normalized spacial score (nSPS) is 11.1. The second-order valence-electron chi connectivity index (χ2n) is 4.03. The Morgan fingerprint density at radius 3 is 2.15 bits per heavy atom. The SMILES string of the molecule is COc1ccc(Oc2ccc(N)cc2S(N)(=O)=O)cc1. The maximum absolute atomic E-state index is 11.5. The third kappa shape index (κ3) is 3.19. The van der Waals surface area contributed by atoms with Crippen molar-refractivity contribution in [3.05, 3.63) is 42.5 Å². The summed E-state index contributed by atoms with van der Waals surface area (Å²) in [6.45, 7) is 0. The fourth-order valence-corrected chi connectivity index (χ4v) is 2.29. The molecular weight excluding hydrogens is 280 g/mol. The molecule has 0 aliphatic carbocycles. The molecule has 4 N–H and O–H groups in total. The molecule has 0 saturated heterocycles. The van der Waals surface area contributed by atoms with Gasteiger partial charge in [-0.3, -0.25) is 0 Å². The number of hydrogen-bond donors (Lipinski definition) is 2. The van der Waals surface area contributed by atoms with Crippen molar-refractivity contribution in [3.63, 3.8) is 0 Å². The fraction of sp³-hybridized carbons (Fsp3) is 0.0769. The van der Waals surface area contributed by atoms with Crippen molar-refractivity contribution >= 4 is 15.7 Å². The summed E-state index contributed by atoms with van der Waals surface area (Å²) in [5.74, 6) is 1.24. The topological polar surface area (TPSA) is 105 Å². The zero-order valence-electron chi connectivity index (χ0n) is 10.7. The number of ether oxygens (including phenoxy) is 2. The highest BCUT2D eigenvalue weighted by Crippen LogP contribution is 2.30. The first-order chi connectivity index (χ1) is 9.40. The molecule has 2 aromatic rings. The molecule has 2 aromatic carbocycles.